The minimum absolute atomic E-state index is 0.0570. The number of thiazole rings is 1. The van der Waals surface area contributed by atoms with Crippen molar-refractivity contribution in [2.24, 2.45) is 5.92 Å². The summed E-state index contributed by atoms with van der Waals surface area (Å²) >= 11 is 1.62. The summed E-state index contributed by atoms with van der Waals surface area (Å²) in [5, 5.41) is 12.0. The molecule has 7 rings (SSSR count). The van der Waals surface area contributed by atoms with E-state index in [2.05, 4.69) is 21.3 Å². The van der Waals surface area contributed by atoms with E-state index >= 15 is 0 Å². The molecule has 1 aromatic carbocycles. The Balaban J connectivity index is 1.37. The highest BCUT2D eigenvalue weighted by Crippen LogP contribution is 2.32. The molecule has 1 amide bonds. The number of amides is 1. The highest BCUT2D eigenvalue weighted by Gasteiger charge is 2.36. The van der Waals surface area contributed by atoms with E-state index in [9.17, 15) is 4.79 Å². The number of nitrogens with zero attached hydrogens (tertiary/aromatic N) is 4. The smallest absolute Gasteiger partial charge is 0.272 e. The predicted molar refractivity (Wildman–Crippen MR) is 116 cm³/mol. The molecular formula is C22H25N5O2S. The molecule has 2 atom stereocenters. The molecule has 0 spiro atoms. The van der Waals surface area contributed by atoms with Gasteiger partial charge in [-0.05, 0) is 50.4 Å². The van der Waals surface area contributed by atoms with Gasteiger partial charge in [0.1, 0.15) is 5.01 Å². The second-order valence-corrected chi connectivity index (χ2v) is 9.49. The van der Waals surface area contributed by atoms with Crippen LogP contribution in [0, 0.1) is 5.92 Å². The normalized spacial score (nSPS) is 28.3. The van der Waals surface area contributed by atoms with Crippen LogP contribution < -0.4 is 5.32 Å². The van der Waals surface area contributed by atoms with Crippen LogP contribution in [-0.2, 0) is 4.74 Å². The lowest BCUT2D eigenvalue weighted by Crippen LogP contribution is -2.57. The van der Waals surface area contributed by atoms with Crippen LogP contribution in [0.15, 0.2) is 29.8 Å². The summed E-state index contributed by atoms with van der Waals surface area (Å²) in [4.78, 5) is 20.2. The fourth-order valence-corrected chi connectivity index (χ4v) is 5.80. The number of piperidine rings is 3. The van der Waals surface area contributed by atoms with Gasteiger partial charge in [-0.2, -0.15) is 5.10 Å². The van der Waals surface area contributed by atoms with E-state index in [4.69, 9.17) is 9.84 Å². The molecule has 2 bridgehead atoms. The van der Waals surface area contributed by atoms with Crippen molar-refractivity contribution in [2.75, 3.05) is 32.8 Å². The van der Waals surface area contributed by atoms with Gasteiger partial charge in [0.05, 0.1) is 18.2 Å². The van der Waals surface area contributed by atoms with Gasteiger partial charge in [0, 0.05) is 41.7 Å². The average Bonchev–Trinajstić information content (AvgIpc) is 3.54. The van der Waals surface area contributed by atoms with Crippen molar-refractivity contribution in [1.82, 2.24) is 25.0 Å². The Kier molecular flexibility index (Phi) is 4.58. The molecule has 30 heavy (non-hydrogen) atoms. The molecule has 4 fully saturated rings. The zero-order valence-electron chi connectivity index (χ0n) is 16.8. The second kappa shape index (κ2) is 7.44. The quantitative estimate of drug-likeness (QED) is 0.699. The maximum atomic E-state index is 13.3. The van der Waals surface area contributed by atoms with Crippen LogP contribution in [-0.4, -0.2) is 64.5 Å². The van der Waals surface area contributed by atoms with Gasteiger partial charge in [0.25, 0.3) is 5.91 Å². The van der Waals surface area contributed by atoms with Crippen molar-refractivity contribution in [3.05, 3.63) is 35.5 Å². The number of ether oxygens (including phenoxy) is 1. The van der Waals surface area contributed by atoms with Crippen LogP contribution in [0.3, 0.4) is 0 Å². The zero-order valence-corrected chi connectivity index (χ0v) is 17.6. The first-order chi connectivity index (χ1) is 14.8. The minimum Gasteiger partial charge on any atom is -0.379 e. The molecule has 2 aromatic heterocycles. The van der Waals surface area contributed by atoms with Crippen LogP contribution in [0.4, 0.5) is 0 Å². The number of benzene rings is 1. The highest BCUT2D eigenvalue weighted by atomic mass is 32.1. The van der Waals surface area contributed by atoms with Gasteiger partial charge in [0.2, 0.25) is 0 Å². The van der Waals surface area contributed by atoms with Gasteiger partial charge in [-0.3, -0.25) is 9.48 Å². The summed E-state index contributed by atoms with van der Waals surface area (Å²) < 4.78 is 7.62. The van der Waals surface area contributed by atoms with Crippen molar-refractivity contribution in [3.8, 4) is 10.6 Å². The summed E-state index contributed by atoms with van der Waals surface area (Å²) in [7, 11) is 0. The first kappa shape index (κ1) is 18.5. The van der Waals surface area contributed by atoms with Crippen molar-refractivity contribution in [2.45, 2.75) is 31.3 Å². The number of fused-ring (bicyclic) bond motifs is 4. The molecule has 4 saturated heterocycles. The molecule has 7 nitrogen and oxygen atoms in total. The van der Waals surface area contributed by atoms with E-state index < -0.39 is 0 Å². The second-order valence-electron chi connectivity index (χ2n) is 8.60. The lowest BCUT2D eigenvalue weighted by molar-refractivity contribution is 0.0618. The number of hydrogen-bond donors (Lipinski definition) is 1. The number of carbonyl (C=O) groups excluding carboxylic acids is 1. The van der Waals surface area contributed by atoms with Crippen LogP contribution in [0.5, 0.6) is 0 Å². The van der Waals surface area contributed by atoms with E-state index in [1.54, 1.807) is 11.3 Å². The fourth-order valence-electron chi connectivity index (χ4n) is 5.16. The maximum absolute atomic E-state index is 13.3. The summed E-state index contributed by atoms with van der Waals surface area (Å²) in [6, 6.07) is 6.58. The van der Waals surface area contributed by atoms with Gasteiger partial charge in [-0.1, -0.05) is 6.07 Å². The standard InChI is InChI=1S/C22H25N5O2S/c28-21(24-18-12-26-7-3-14(18)4-8-26)20-17-2-1-15(22-23-6-10-30-22)11-19(17)27(25-20)16-5-9-29-13-16/h1-2,6,10-11,14,16,18H,3-5,7-9,12-13H2,(H,24,28)/t16?,18-/m1/s1. The number of aromatic nitrogens is 3. The summed E-state index contributed by atoms with van der Waals surface area (Å²) in [6.07, 6.45) is 5.09. The summed E-state index contributed by atoms with van der Waals surface area (Å²) in [6.45, 7) is 4.66. The van der Waals surface area contributed by atoms with E-state index in [1.807, 2.05) is 28.4 Å². The van der Waals surface area contributed by atoms with E-state index in [1.165, 1.54) is 12.8 Å². The Morgan fingerprint density at radius 1 is 1.23 bits per heavy atom. The average molecular weight is 424 g/mol. The maximum Gasteiger partial charge on any atom is 0.272 e. The predicted octanol–water partition coefficient (Wildman–Crippen LogP) is 2.95. The summed E-state index contributed by atoms with van der Waals surface area (Å²) in [5.41, 5.74) is 2.57. The lowest BCUT2D eigenvalue weighted by atomic mass is 9.84. The van der Waals surface area contributed by atoms with Crippen molar-refractivity contribution in [3.63, 3.8) is 0 Å². The Morgan fingerprint density at radius 2 is 2.13 bits per heavy atom. The molecule has 4 aliphatic heterocycles. The SMILES string of the molecule is O=C(N[C@@H]1CN2CCC1CC2)c1nn(C2CCOC2)c2cc(-c3nccs3)ccc12. The Labute approximate surface area is 179 Å². The Bertz CT molecular complexity index is 1060. The number of nitrogens with one attached hydrogen (secondary N) is 1. The van der Waals surface area contributed by atoms with E-state index in [-0.39, 0.29) is 18.0 Å². The third-order valence-corrected chi connectivity index (χ3v) is 7.65. The lowest BCUT2D eigenvalue weighted by Gasteiger charge is -2.44. The Hall–Kier alpha value is -2.29. The van der Waals surface area contributed by atoms with Gasteiger partial charge in [-0.25, -0.2) is 4.98 Å². The molecule has 6 heterocycles. The first-order valence-electron chi connectivity index (χ1n) is 10.8. The van der Waals surface area contributed by atoms with Crippen molar-refractivity contribution < 1.29 is 9.53 Å². The van der Waals surface area contributed by atoms with Crippen molar-refractivity contribution >= 4 is 28.1 Å². The molecule has 156 valence electrons. The molecule has 1 unspecified atom stereocenters. The van der Waals surface area contributed by atoms with Crippen LogP contribution in [0.2, 0.25) is 0 Å². The van der Waals surface area contributed by atoms with Crippen LogP contribution >= 0.6 is 11.3 Å². The molecule has 8 heteroatoms. The topological polar surface area (TPSA) is 72.3 Å². The van der Waals surface area contributed by atoms with Crippen LogP contribution in [0.1, 0.15) is 35.8 Å². The molecule has 3 aromatic rings. The molecule has 4 aliphatic rings. The third kappa shape index (κ3) is 3.14. The fraction of sp³-hybridized carbons (Fsp3) is 0.500. The van der Waals surface area contributed by atoms with Gasteiger partial charge in [-0.15, -0.1) is 11.3 Å². The number of rotatable bonds is 4. The Morgan fingerprint density at radius 3 is 2.83 bits per heavy atom. The molecule has 0 aliphatic carbocycles. The van der Waals surface area contributed by atoms with Gasteiger partial charge < -0.3 is 15.0 Å². The van der Waals surface area contributed by atoms with Crippen LogP contribution in [0.25, 0.3) is 21.5 Å². The highest BCUT2D eigenvalue weighted by molar-refractivity contribution is 7.13. The minimum atomic E-state index is -0.0570. The molecule has 0 radical (unpaired) electrons. The molecule has 1 N–H and O–H groups in total. The van der Waals surface area contributed by atoms with Gasteiger partial charge in [0.15, 0.2) is 5.69 Å². The first-order valence-corrected chi connectivity index (χ1v) is 11.7. The van der Waals surface area contributed by atoms with Gasteiger partial charge >= 0.3 is 0 Å². The zero-order chi connectivity index (χ0) is 20.1. The number of carbonyl (C=O) groups is 1. The van der Waals surface area contributed by atoms with E-state index in [0.29, 0.717) is 18.2 Å². The molecular weight excluding hydrogens is 398 g/mol. The number of hydrogen-bond acceptors (Lipinski definition) is 6. The third-order valence-electron chi connectivity index (χ3n) is 6.83. The van der Waals surface area contributed by atoms with E-state index in [0.717, 1.165) is 54.1 Å². The summed E-state index contributed by atoms with van der Waals surface area (Å²) in [5.74, 6) is 0.533. The monoisotopic (exact) mass is 423 g/mol. The molecule has 0 saturated carbocycles. The largest absolute Gasteiger partial charge is 0.379 e. The van der Waals surface area contributed by atoms with Crippen molar-refractivity contribution in [1.29, 1.82) is 0 Å².